The number of para-hydroxylation sites is 1. The van der Waals surface area contributed by atoms with Crippen molar-refractivity contribution in [2.24, 2.45) is 5.84 Å². The van der Waals surface area contributed by atoms with Gasteiger partial charge in [0.15, 0.2) is 0 Å². The quantitative estimate of drug-likeness (QED) is 0.524. The van der Waals surface area contributed by atoms with E-state index in [2.05, 4.69) is 21.0 Å². The normalized spacial score (nSPS) is 10.1. The van der Waals surface area contributed by atoms with Crippen LogP contribution in [-0.4, -0.2) is 20.2 Å². The summed E-state index contributed by atoms with van der Waals surface area (Å²) in [6.45, 7) is 1.98. The minimum absolute atomic E-state index is 0.416. The van der Waals surface area contributed by atoms with Gasteiger partial charge in [0, 0.05) is 0 Å². The minimum atomic E-state index is 0.416. The Morgan fingerprint density at radius 2 is 2.14 bits per heavy atom. The number of aryl methyl sites for hydroxylation is 1. The number of anilines is 1. The van der Waals surface area contributed by atoms with Gasteiger partial charge in [0.05, 0.1) is 5.69 Å². The van der Waals surface area contributed by atoms with E-state index in [-0.39, 0.29) is 0 Å². The van der Waals surface area contributed by atoms with Gasteiger partial charge in [0.25, 0.3) is 5.95 Å². The van der Waals surface area contributed by atoms with Gasteiger partial charge in [-0.2, -0.15) is 4.68 Å². The van der Waals surface area contributed by atoms with Crippen LogP contribution in [0.2, 0.25) is 0 Å². The lowest BCUT2D eigenvalue weighted by atomic mass is 10.2. The molecule has 14 heavy (non-hydrogen) atoms. The van der Waals surface area contributed by atoms with Crippen molar-refractivity contribution in [3.63, 3.8) is 0 Å². The number of hydrazine groups is 1. The maximum Gasteiger partial charge on any atom is 0.261 e. The first-order chi connectivity index (χ1) is 6.83. The summed E-state index contributed by atoms with van der Waals surface area (Å²) in [6, 6.07) is 7.78. The zero-order valence-electron chi connectivity index (χ0n) is 7.68. The number of nitrogens with two attached hydrogens (primary N) is 1. The molecule has 2 aromatic rings. The van der Waals surface area contributed by atoms with Crippen LogP contribution in [0.3, 0.4) is 0 Å². The molecule has 0 saturated heterocycles. The number of nitrogens with one attached hydrogen (secondary N) is 1. The molecule has 1 aromatic heterocycles. The summed E-state index contributed by atoms with van der Waals surface area (Å²) in [5, 5.41) is 11.1. The van der Waals surface area contributed by atoms with Gasteiger partial charge in [0.2, 0.25) is 0 Å². The standard InChI is InChI=1S/C8H10N6/c1-6-4-2-3-5-7(6)14-8(10-9)11-12-13-14/h2-5H,9H2,1H3,(H,10,11,13). The Hall–Kier alpha value is -1.95. The summed E-state index contributed by atoms with van der Waals surface area (Å²) >= 11 is 0. The summed E-state index contributed by atoms with van der Waals surface area (Å²) < 4.78 is 1.55. The Bertz CT molecular complexity index is 435. The fourth-order valence-electron chi connectivity index (χ4n) is 1.24. The first-order valence-corrected chi connectivity index (χ1v) is 4.14. The lowest BCUT2D eigenvalue weighted by Crippen LogP contribution is -2.13. The van der Waals surface area contributed by atoms with E-state index in [1.807, 2.05) is 31.2 Å². The number of hydrogen-bond donors (Lipinski definition) is 2. The Kier molecular flexibility index (Phi) is 2.11. The minimum Gasteiger partial charge on any atom is -0.291 e. The molecule has 1 heterocycles. The molecule has 0 aliphatic rings. The average molecular weight is 190 g/mol. The summed E-state index contributed by atoms with van der Waals surface area (Å²) in [6.07, 6.45) is 0. The second kappa shape index (κ2) is 3.43. The van der Waals surface area contributed by atoms with Crippen molar-refractivity contribution in [3.8, 4) is 5.69 Å². The Morgan fingerprint density at radius 3 is 2.86 bits per heavy atom. The van der Waals surface area contributed by atoms with Crippen molar-refractivity contribution in [1.82, 2.24) is 20.2 Å². The zero-order valence-corrected chi connectivity index (χ0v) is 7.68. The van der Waals surface area contributed by atoms with Gasteiger partial charge in [-0.3, -0.25) is 5.43 Å². The lowest BCUT2D eigenvalue weighted by Gasteiger charge is -2.05. The molecule has 2 rings (SSSR count). The van der Waals surface area contributed by atoms with Crippen molar-refractivity contribution in [2.45, 2.75) is 6.92 Å². The summed E-state index contributed by atoms with van der Waals surface area (Å²) in [5.41, 5.74) is 4.42. The van der Waals surface area contributed by atoms with Gasteiger partial charge in [-0.15, -0.1) is 0 Å². The number of nitrogens with zero attached hydrogens (tertiary/aromatic N) is 4. The van der Waals surface area contributed by atoms with E-state index in [1.54, 1.807) is 4.68 Å². The first-order valence-electron chi connectivity index (χ1n) is 4.14. The molecule has 0 atom stereocenters. The third-order valence-corrected chi connectivity index (χ3v) is 1.94. The van der Waals surface area contributed by atoms with Gasteiger partial charge >= 0.3 is 0 Å². The third-order valence-electron chi connectivity index (χ3n) is 1.94. The van der Waals surface area contributed by atoms with Crippen LogP contribution in [0, 0.1) is 6.92 Å². The van der Waals surface area contributed by atoms with Crippen LogP contribution in [0.4, 0.5) is 5.95 Å². The number of benzene rings is 1. The SMILES string of the molecule is Cc1ccccc1-n1nnnc1NN. The monoisotopic (exact) mass is 190 g/mol. The van der Waals surface area contributed by atoms with Gasteiger partial charge in [-0.1, -0.05) is 23.3 Å². The highest BCUT2D eigenvalue weighted by molar-refractivity contribution is 5.43. The summed E-state index contributed by atoms with van der Waals surface area (Å²) in [5.74, 6) is 5.69. The molecule has 0 unspecified atom stereocenters. The van der Waals surface area contributed by atoms with E-state index in [0.717, 1.165) is 11.3 Å². The van der Waals surface area contributed by atoms with E-state index in [0.29, 0.717) is 5.95 Å². The number of tetrazole rings is 1. The molecule has 1 aromatic carbocycles. The smallest absolute Gasteiger partial charge is 0.261 e. The maximum absolute atomic E-state index is 5.27. The van der Waals surface area contributed by atoms with Crippen LogP contribution >= 0.6 is 0 Å². The van der Waals surface area contributed by atoms with Crippen LogP contribution in [0.15, 0.2) is 24.3 Å². The Morgan fingerprint density at radius 1 is 1.36 bits per heavy atom. The van der Waals surface area contributed by atoms with Crippen molar-refractivity contribution < 1.29 is 0 Å². The fourth-order valence-corrected chi connectivity index (χ4v) is 1.24. The molecule has 0 amide bonds. The predicted octanol–water partition coefficient (Wildman–Crippen LogP) is 0.256. The number of aromatic nitrogens is 4. The number of rotatable bonds is 2. The highest BCUT2D eigenvalue weighted by Crippen LogP contribution is 2.14. The maximum atomic E-state index is 5.27. The summed E-state index contributed by atoms with van der Waals surface area (Å²) in [4.78, 5) is 0. The second-order valence-corrected chi connectivity index (χ2v) is 2.85. The molecule has 6 nitrogen and oxygen atoms in total. The fraction of sp³-hybridized carbons (Fsp3) is 0.125. The van der Waals surface area contributed by atoms with E-state index in [1.165, 1.54) is 0 Å². The molecule has 0 aliphatic carbocycles. The average Bonchev–Trinajstić information content (AvgIpc) is 2.66. The van der Waals surface area contributed by atoms with E-state index in [9.17, 15) is 0 Å². The van der Waals surface area contributed by atoms with Crippen LogP contribution in [0.5, 0.6) is 0 Å². The molecule has 0 bridgehead atoms. The second-order valence-electron chi connectivity index (χ2n) is 2.85. The molecule has 0 radical (unpaired) electrons. The van der Waals surface area contributed by atoms with Gasteiger partial charge in [0.1, 0.15) is 0 Å². The van der Waals surface area contributed by atoms with Crippen LogP contribution in [0.1, 0.15) is 5.56 Å². The highest BCUT2D eigenvalue weighted by Gasteiger charge is 2.07. The van der Waals surface area contributed by atoms with Crippen molar-refractivity contribution in [2.75, 3.05) is 5.43 Å². The Balaban J connectivity index is 2.54. The van der Waals surface area contributed by atoms with Crippen molar-refractivity contribution in [1.29, 1.82) is 0 Å². The lowest BCUT2D eigenvalue weighted by molar-refractivity contribution is 0.786. The Labute approximate surface area is 80.7 Å². The third kappa shape index (κ3) is 1.31. The highest BCUT2D eigenvalue weighted by atomic mass is 15.6. The zero-order chi connectivity index (χ0) is 9.97. The first kappa shape index (κ1) is 8.64. The topological polar surface area (TPSA) is 81.7 Å². The van der Waals surface area contributed by atoms with E-state index < -0.39 is 0 Å². The number of hydrogen-bond acceptors (Lipinski definition) is 5. The van der Waals surface area contributed by atoms with Crippen LogP contribution in [0.25, 0.3) is 5.69 Å². The van der Waals surface area contributed by atoms with Crippen LogP contribution in [-0.2, 0) is 0 Å². The van der Waals surface area contributed by atoms with E-state index >= 15 is 0 Å². The molecule has 0 spiro atoms. The van der Waals surface area contributed by atoms with Crippen LogP contribution < -0.4 is 11.3 Å². The van der Waals surface area contributed by atoms with Crippen molar-refractivity contribution >= 4 is 5.95 Å². The molecule has 0 saturated carbocycles. The largest absolute Gasteiger partial charge is 0.291 e. The molecule has 3 N–H and O–H groups in total. The molecular formula is C8H10N6. The molecule has 72 valence electrons. The summed E-state index contributed by atoms with van der Waals surface area (Å²) in [7, 11) is 0. The van der Waals surface area contributed by atoms with Gasteiger partial charge < -0.3 is 0 Å². The molecular weight excluding hydrogens is 180 g/mol. The molecule has 0 aliphatic heterocycles. The van der Waals surface area contributed by atoms with Gasteiger partial charge in [-0.05, 0) is 29.0 Å². The van der Waals surface area contributed by atoms with E-state index in [4.69, 9.17) is 5.84 Å². The van der Waals surface area contributed by atoms with Gasteiger partial charge in [-0.25, -0.2) is 5.84 Å². The molecule has 0 fully saturated rings. The number of nitrogen functional groups attached to an aromatic ring is 1. The predicted molar refractivity (Wildman–Crippen MR) is 51.7 cm³/mol. The molecule has 6 heteroatoms. The van der Waals surface area contributed by atoms with Crippen molar-refractivity contribution in [3.05, 3.63) is 29.8 Å².